The molecule has 0 bridgehead atoms. The van der Waals surface area contributed by atoms with Crippen LogP contribution < -0.4 is 10.0 Å². The van der Waals surface area contributed by atoms with Gasteiger partial charge in [0.25, 0.3) is 0 Å². The number of benzene rings is 1. The highest BCUT2D eigenvalue weighted by atomic mass is 32.2. The van der Waals surface area contributed by atoms with E-state index in [0.717, 1.165) is 12.0 Å². The molecule has 1 aromatic carbocycles. The minimum Gasteiger partial charge on any atom is -0.326 e. The lowest BCUT2D eigenvalue weighted by molar-refractivity contribution is -0.144. The fourth-order valence-electron chi connectivity index (χ4n) is 2.30. The van der Waals surface area contributed by atoms with E-state index in [2.05, 4.69) is 0 Å². The molecule has 0 aliphatic carbocycles. The van der Waals surface area contributed by atoms with Crippen molar-refractivity contribution in [2.45, 2.75) is 39.9 Å². The Morgan fingerprint density at radius 2 is 1.62 bits per heavy atom. The van der Waals surface area contributed by atoms with Crippen molar-refractivity contribution >= 4 is 15.7 Å². The van der Waals surface area contributed by atoms with E-state index >= 15 is 0 Å². The van der Waals surface area contributed by atoms with E-state index in [0.29, 0.717) is 31.9 Å². The summed E-state index contributed by atoms with van der Waals surface area (Å²) in [6.07, 6.45) is -2.06. The van der Waals surface area contributed by atoms with E-state index in [1.165, 1.54) is 15.5 Å². The summed E-state index contributed by atoms with van der Waals surface area (Å²) in [5, 5.41) is 0. The summed E-state index contributed by atoms with van der Waals surface area (Å²) in [5.41, 5.74) is 7.14. The highest BCUT2D eigenvalue weighted by Gasteiger charge is 2.29. The van der Waals surface area contributed by atoms with E-state index in [1.807, 2.05) is 25.1 Å². The molecule has 0 aliphatic heterocycles. The summed E-state index contributed by atoms with van der Waals surface area (Å²) in [5.74, 6) is 0. The number of nitrogens with zero attached hydrogens (tertiary/aromatic N) is 2. The molecule has 26 heavy (non-hydrogen) atoms. The van der Waals surface area contributed by atoms with Crippen molar-refractivity contribution < 1.29 is 21.6 Å². The predicted octanol–water partition coefficient (Wildman–Crippen LogP) is 3.21. The summed E-state index contributed by atoms with van der Waals surface area (Å²) in [4.78, 5) is 1.33. The second kappa shape index (κ2) is 11.4. The molecule has 0 aliphatic rings. The van der Waals surface area contributed by atoms with E-state index in [-0.39, 0.29) is 0 Å². The number of rotatable bonds is 8. The fraction of sp³-hybridized carbons (Fsp3) is 0.647. The number of hydrogen-bond acceptors (Lipinski definition) is 4. The average Bonchev–Trinajstić information content (AvgIpc) is 2.56. The summed E-state index contributed by atoms with van der Waals surface area (Å²) in [7, 11) is -3.23. The standard InChI is InChI=1S/C11H18N2O2S.C6H12F3N/c1-3-8-13(16(2,14)15)11-7-5-4-6-10(11)9-12;1-3-10(4-2)5-6(7,8)9/h4-7H,3,8-9,12H2,1-2H3;3-5H2,1-2H3. The van der Waals surface area contributed by atoms with Crippen LogP contribution in [0.25, 0.3) is 0 Å². The van der Waals surface area contributed by atoms with Crippen molar-refractivity contribution in [1.29, 1.82) is 0 Å². The molecule has 0 radical (unpaired) electrons. The fourth-order valence-corrected chi connectivity index (χ4v) is 3.35. The van der Waals surface area contributed by atoms with Gasteiger partial charge in [0.05, 0.1) is 18.5 Å². The summed E-state index contributed by atoms with van der Waals surface area (Å²) in [6.45, 7) is 6.32. The highest BCUT2D eigenvalue weighted by Crippen LogP contribution is 2.22. The maximum Gasteiger partial charge on any atom is 0.401 e. The lowest BCUT2D eigenvalue weighted by Crippen LogP contribution is -2.33. The Hall–Kier alpha value is -1.32. The molecule has 0 unspecified atom stereocenters. The van der Waals surface area contributed by atoms with Gasteiger partial charge in [0.15, 0.2) is 0 Å². The van der Waals surface area contributed by atoms with E-state index in [9.17, 15) is 21.6 Å². The molecule has 0 fully saturated rings. The summed E-state index contributed by atoms with van der Waals surface area (Å²) >= 11 is 0. The van der Waals surface area contributed by atoms with Gasteiger partial charge in [-0.25, -0.2) is 8.42 Å². The van der Waals surface area contributed by atoms with Crippen molar-refractivity contribution in [3.05, 3.63) is 29.8 Å². The van der Waals surface area contributed by atoms with Crippen molar-refractivity contribution in [3.63, 3.8) is 0 Å². The number of sulfonamides is 1. The van der Waals surface area contributed by atoms with Crippen LogP contribution in [-0.4, -0.2) is 51.9 Å². The molecule has 1 aromatic rings. The normalized spacial score (nSPS) is 11.9. The molecule has 5 nitrogen and oxygen atoms in total. The molecule has 0 aromatic heterocycles. The molecule has 0 spiro atoms. The van der Waals surface area contributed by atoms with Crippen LogP contribution >= 0.6 is 0 Å². The van der Waals surface area contributed by atoms with Crippen molar-refractivity contribution in [3.8, 4) is 0 Å². The third-order valence-corrected chi connectivity index (χ3v) is 4.78. The monoisotopic (exact) mass is 397 g/mol. The van der Waals surface area contributed by atoms with Gasteiger partial charge in [0.1, 0.15) is 0 Å². The zero-order valence-electron chi connectivity index (χ0n) is 15.9. The van der Waals surface area contributed by atoms with Gasteiger partial charge in [0.2, 0.25) is 10.0 Å². The minimum atomic E-state index is -4.05. The molecule has 2 N–H and O–H groups in total. The largest absolute Gasteiger partial charge is 0.401 e. The van der Waals surface area contributed by atoms with Crippen LogP contribution in [0, 0.1) is 0 Å². The molecule has 9 heteroatoms. The second-order valence-electron chi connectivity index (χ2n) is 5.74. The predicted molar refractivity (Wildman–Crippen MR) is 101 cm³/mol. The Morgan fingerprint density at radius 3 is 1.96 bits per heavy atom. The van der Waals surface area contributed by atoms with Gasteiger partial charge in [-0.2, -0.15) is 13.2 Å². The first-order valence-corrected chi connectivity index (χ1v) is 10.4. The lowest BCUT2D eigenvalue weighted by atomic mass is 10.2. The summed E-state index contributed by atoms with van der Waals surface area (Å²) in [6, 6.07) is 7.32. The zero-order valence-corrected chi connectivity index (χ0v) is 16.7. The Kier molecular flexibility index (Phi) is 10.8. The molecule has 0 atom stereocenters. The number of alkyl halides is 3. The van der Waals surface area contributed by atoms with Crippen LogP contribution in [0.1, 0.15) is 32.8 Å². The third-order valence-electron chi connectivity index (χ3n) is 3.60. The number of anilines is 1. The first kappa shape index (κ1) is 24.7. The maximum absolute atomic E-state index is 11.7. The van der Waals surface area contributed by atoms with Crippen LogP contribution in [0.15, 0.2) is 24.3 Å². The van der Waals surface area contributed by atoms with E-state index in [4.69, 9.17) is 5.73 Å². The SMILES string of the molecule is CCCN(c1ccccc1CN)S(C)(=O)=O.CCN(CC)CC(F)(F)F. The Balaban J connectivity index is 0.000000541. The molecule has 0 heterocycles. The van der Waals surface area contributed by atoms with Gasteiger partial charge in [-0.15, -0.1) is 0 Å². The smallest absolute Gasteiger partial charge is 0.326 e. The Morgan fingerprint density at radius 1 is 1.08 bits per heavy atom. The van der Waals surface area contributed by atoms with Gasteiger partial charge >= 0.3 is 6.18 Å². The molecular weight excluding hydrogens is 367 g/mol. The summed E-state index contributed by atoms with van der Waals surface area (Å²) < 4.78 is 59.7. The maximum atomic E-state index is 11.7. The Bertz CT molecular complexity index is 618. The topological polar surface area (TPSA) is 66.6 Å². The van der Waals surface area contributed by atoms with Crippen LogP contribution in [0.4, 0.5) is 18.9 Å². The van der Waals surface area contributed by atoms with Gasteiger partial charge in [0, 0.05) is 13.1 Å². The lowest BCUT2D eigenvalue weighted by Gasteiger charge is -2.24. The average molecular weight is 398 g/mol. The first-order chi connectivity index (χ1) is 12.0. The quantitative estimate of drug-likeness (QED) is 0.731. The first-order valence-electron chi connectivity index (χ1n) is 8.54. The van der Waals surface area contributed by atoms with Crippen molar-refractivity contribution in [1.82, 2.24) is 4.90 Å². The molecule has 0 saturated heterocycles. The minimum absolute atomic E-state index is 0.339. The third kappa shape index (κ3) is 9.40. The van der Waals surface area contributed by atoms with Crippen LogP contribution in [0.5, 0.6) is 0 Å². The molecule has 0 amide bonds. The molecule has 0 saturated carbocycles. The molecular formula is C17H30F3N3O2S. The number of hydrogen-bond donors (Lipinski definition) is 1. The second-order valence-corrected chi connectivity index (χ2v) is 7.65. The Labute approximate surface area is 155 Å². The molecule has 1 rings (SSSR count). The van der Waals surface area contributed by atoms with Crippen molar-refractivity contribution in [2.75, 3.05) is 36.7 Å². The highest BCUT2D eigenvalue weighted by molar-refractivity contribution is 7.92. The van der Waals surface area contributed by atoms with Crippen LogP contribution in [0.2, 0.25) is 0 Å². The van der Waals surface area contributed by atoms with E-state index in [1.54, 1.807) is 19.9 Å². The zero-order chi connectivity index (χ0) is 20.4. The van der Waals surface area contributed by atoms with Crippen molar-refractivity contribution in [2.24, 2.45) is 5.73 Å². The van der Waals surface area contributed by atoms with Gasteiger partial charge in [-0.3, -0.25) is 9.21 Å². The van der Waals surface area contributed by atoms with Gasteiger partial charge in [-0.1, -0.05) is 39.0 Å². The van der Waals surface area contributed by atoms with Crippen LogP contribution in [-0.2, 0) is 16.6 Å². The number of nitrogens with two attached hydrogens (primary N) is 1. The number of halogens is 3. The van der Waals surface area contributed by atoms with Gasteiger partial charge < -0.3 is 5.73 Å². The van der Waals surface area contributed by atoms with Gasteiger partial charge in [-0.05, 0) is 31.1 Å². The van der Waals surface area contributed by atoms with Crippen LogP contribution in [0.3, 0.4) is 0 Å². The molecule has 152 valence electrons. The number of para-hydroxylation sites is 1. The van der Waals surface area contributed by atoms with E-state index < -0.39 is 22.7 Å².